The quantitative estimate of drug-likeness (QED) is 0.325. The Balaban J connectivity index is 0.000000520. The van der Waals surface area contributed by atoms with Crippen molar-refractivity contribution in [2.75, 3.05) is 0 Å². The van der Waals surface area contributed by atoms with Crippen molar-refractivity contribution in [3.63, 3.8) is 0 Å². The van der Waals surface area contributed by atoms with E-state index in [9.17, 15) is 0 Å². The molecular formula is C28H42. The second kappa shape index (κ2) is 14.9. The van der Waals surface area contributed by atoms with Gasteiger partial charge in [0, 0.05) is 0 Å². The summed E-state index contributed by atoms with van der Waals surface area (Å²) in [6, 6.07) is 21.8. The van der Waals surface area contributed by atoms with Crippen LogP contribution in [0.5, 0.6) is 0 Å². The SMILES string of the molecule is CC.CC.CC.CCC(C)CC.c1ccc2c(c1)-c1cccc3cccc-2c13. The van der Waals surface area contributed by atoms with Crippen molar-refractivity contribution >= 4 is 10.8 Å². The fraction of sp³-hybridized carbons (Fsp3) is 0.429. The molecule has 0 radical (unpaired) electrons. The summed E-state index contributed by atoms with van der Waals surface area (Å²) in [5, 5.41) is 2.75. The zero-order valence-electron chi connectivity index (χ0n) is 19.8. The third kappa shape index (κ3) is 6.23. The van der Waals surface area contributed by atoms with E-state index in [-0.39, 0.29) is 0 Å². The summed E-state index contributed by atoms with van der Waals surface area (Å²) < 4.78 is 0. The van der Waals surface area contributed by atoms with Crippen LogP contribution in [-0.4, -0.2) is 0 Å². The highest BCUT2D eigenvalue weighted by Crippen LogP contribution is 2.46. The Morgan fingerprint density at radius 1 is 0.536 bits per heavy atom. The molecule has 0 aliphatic heterocycles. The standard InChI is InChI=1S/C16H10.C6H14.3C2H6/c1-2-8-13-12(7-1)14-9-3-5-11-6-4-10-15(13)16(11)14;1-4-6(3)5-2;3*1-2/h1-10H;6H,4-5H2,1-3H3;3*1-2H3. The average molecular weight is 379 g/mol. The Morgan fingerprint density at radius 2 is 0.893 bits per heavy atom. The summed E-state index contributed by atoms with van der Waals surface area (Å²) in [4.78, 5) is 0. The molecule has 0 N–H and O–H groups in total. The van der Waals surface area contributed by atoms with E-state index < -0.39 is 0 Å². The van der Waals surface area contributed by atoms with E-state index in [2.05, 4.69) is 81.4 Å². The van der Waals surface area contributed by atoms with Gasteiger partial charge in [-0.1, -0.05) is 136 Å². The van der Waals surface area contributed by atoms with Crippen molar-refractivity contribution in [1.82, 2.24) is 0 Å². The normalized spacial score (nSPS) is 9.50. The molecule has 154 valence electrons. The summed E-state index contributed by atoms with van der Waals surface area (Å²) in [7, 11) is 0. The van der Waals surface area contributed by atoms with Crippen molar-refractivity contribution in [3.05, 3.63) is 60.7 Å². The highest BCUT2D eigenvalue weighted by atomic mass is 14.2. The largest absolute Gasteiger partial charge is 0.0683 e. The zero-order valence-corrected chi connectivity index (χ0v) is 19.8. The summed E-state index contributed by atoms with van der Waals surface area (Å²) >= 11 is 0. The van der Waals surface area contributed by atoms with E-state index in [1.165, 1.54) is 45.9 Å². The van der Waals surface area contributed by atoms with Crippen LogP contribution in [0.15, 0.2) is 60.7 Å². The third-order valence-electron chi connectivity index (χ3n) is 4.81. The van der Waals surface area contributed by atoms with E-state index >= 15 is 0 Å². The molecule has 1 aliphatic carbocycles. The molecule has 0 heteroatoms. The van der Waals surface area contributed by atoms with E-state index in [0.29, 0.717) is 0 Å². The molecule has 0 spiro atoms. The molecular weight excluding hydrogens is 336 g/mol. The van der Waals surface area contributed by atoms with Gasteiger partial charge in [0.25, 0.3) is 0 Å². The molecule has 0 unspecified atom stereocenters. The number of benzene rings is 3. The number of rotatable bonds is 2. The molecule has 0 fully saturated rings. The Labute approximate surface area is 175 Å². The van der Waals surface area contributed by atoms with Crippen LogP contribution in [0, 0.1) is 5.92 Å². The molecule has 4 rings (SSSR count). The van der Waals surface area contributed by atoms with Crippen molar-refractivity contribution in [1.29, 1.82) is 0 Å². The number of hydrogen-bond acceptors (Lipinski definition) is 0. The molecule has 28 heavy (non-hydrogen) atoms. The fourth-order valence-corrected chi connectivity index (χ4v) is 3.03. The van der Waals surface area contributed by atoms with Gasteiger partial charge in [-0.3, -0.25) is 0 Å². The van der Waals surface area contributed by atoms with Crippen LogP contribution in [-0.2, 0) is 0 Å². The first-order chi connectivity index (χ1) is 13.8. The predicted octanol–water partition coefficient (Wildman–Crippen LogP) is 10.0. The highest BCUT2D eigenvalue weighted by Gasteiger charge is 2.19. The Bertz CT molecular complexity index is 721. The van der Waals surface area contributed by atoms with Gasteiger partial charge < -0.3 is 0 Å². The smallest absolute Gasteiger partial charge is 0.00264 e. The Morgan fingerprint density at radius 3 is 1.21 bits per heavy atom. The van der Waals surface area contributed by atoms with Crippen LogP contribution in [0.4, 0.5) is 0 Å². The lowest BCUT2D eigenvalue weighted by Crippen LogP contribution is -1.85. The lowest BCUT2D eigenvalue weighted by Gasteiger charge is -2.00. The lowest BCUT2D eigenvalue weighted by atomic mass is 10.0. The molecule has 0 atom stereocenters. The molecule has 0 saturated heterocycles. The van der Waals surface area contributed by atoms with Crippen LogP contribution in [0.2, 0.25) is 0 Å². The second-order valence-corrected chi connectivity index (χ2v) is 6.18. The summed E-state index contributed by atoms with van der Waals surface area (Å²) in [5.41, 5.74) is 5.50. The summed E-state index contributed by atoms with van der Waals surface area (Å²) in [6.07, 6.45) is 2.66. The summed E-state index contributed by atoms with van der Waals surface area (Å²) in [5.74, 6) is 0.935. The molecule has 0 bridgehead atoms. The lowest BCUT2D eigenvalue weighted by molar-refractivity contribution is 0.544. The second-order valence-electron chi connectivity index (χ2n) is 6.18. The maximum absolute atomic E-state index is 2.28. The van der Waals surface area contributed by atoms with E-state index in [0.717, 1.165) is 5.92 Å². The fourth-order valence-electron chi connectivity index (χ4n) is 3.03. The van der Waals surface area contributed by atoms with Crippen LogP contribution >= 0.6 is 0 Å². The first-order valence-electron chi connectivity index (χ1n) is 11.4. The number of fused-ring (bicyclic) bond motifs is 3. The van der Waals surface area contributed by atoms with Crippen LogP contribution < -0.4 is 0 Å². The van der Waals surface area contributed by atoms with Gasteiger partial charge in [0.05, 0.1) is 0 Å². The van der Waals surface area contributed by atoms with Gasteiger partial charge in [-0.15, -0.1) is 0 Å². The van der Waals surface area contributed by atoms with Crippen LogP contribution in [0.3, 0.4) is 0 Å². The first kappa shape index (κ1) is 25.9. The first-order valence-corrected chi connectivity index (χ1v) is 11.4. The van der Waals surface area contributed by atoms with Crippen molar-refractivity contribution in [3.8, 4) is 22.3 Å². The molecule has 3 aromatic carbocycles. The molecule has 0 nitrogen and oxygen atoms in total. The van der Waals surface area contributed by atoms with Gasteiger partial charge in [-0.25, -0.2) is 0 Å². The van der Waals surface area contributed by atoms with Gasteiger partial charge in [-0.2, -0.15) is 0 Å². The zero-order chi connectivity index (χ0) is 21.5. The van der Waals surface area contributed by atoms with E-state index in [1.54, 1.807) is 0 Å². The van der Waals surface area contributed by atoms with Crippen LogP contribution in [0.1, 0.15) is 75.2 Å². The molecule has 0 amide bonds. The van der Waals surface area contributed by atoms with Crippen molar-refractivity contribution in [2.45, 2.75) is 75.2 Å². The monoisotopic (exact) mass is 378 g/mol. The molecule has 0 heterocycles. The molecule has 0 aromatic heterocycles. The maximum Gasteiger partial charge on any atom is -0.00264 e. The Hall–Kier alpha value is -2.08. The van der Waals surface area contributed by atoms with Gasteiger partial charge in [0.2, 0.25) is 0 Å². The van der Waals surface area contributed by atoms with Gasteiger partial charge in [0.15, 0.2) is 0 Å². The molecule has 3 aromatic rings. The minimum Gasteiger partial charge on any atom is -0.0683 e. The minimum absolute atomic E-state index is 0.935. The molecule has 0 saturated carbocycles. The van der Waals surface area contributed by atoms with Crippen molar-refractivity contribution in [2.24, 2.45) is 5.92 Å². The van der Waals surface area contributed by atoms with Crippen LogP contribution in [0.25, 0.3) is 33.0 Å². The van der Waals surface area contributed by atoms with Gasteiger partial charge >= 0.3 is 0 Å². The minimum atomic E-state index is 0.935. The Kier molecular flexibility index (Phi) is 13.8. The van der Waals surface area contributed by atoms with Gasteiger partial charge in [0.1, 0.15) is 0 Å². The average Bonchev–Trinajstić information content (AvgIpc) is 3.14. The third-order valence-corrected chi connectivity index (χ3v) is 4.81. The van der Waals surface area contributed by atoms with E-state index in [1.807, 2.05) is 41.5 Å². The predicted molar refractivity (Wildman–Crippen MR) is 132 cm³/mol. The topological polar surface area (TPSA) is 0 Å². The molecule has 1 aliphatic rings. The highest BCUT2D eigenvalue weighted by molar-refractivity contribution is 6.15. The van der Waals surface area contributed by atoms with Crippen molar-refractivity contribution < 1.29 is 0 Å². The van der Waals surface area contributed by atoms with Gasteiger partial charge in [-0.05, 0) is 38.9 Å². The maximum atomic E-state index is 2.28. The van der Waals surface area contributed by atoms with E-state index in [4.69, 9.17) is 0 Å². The number of hydrogen-bond donors (Lipinski definition) is 0. The summed E-state index contributed by atoms with van der Waals surface area (Å²) in [6.45, 7) is 18.7.